The largest absolute Gasteiger partial charge is 0.495 e. The van der Waals surface area contributed by atoms with Crippen molar-refractivity contribution in [3.63, 3.8) is 0 Å². The molecule has 0 unspecified atom stereocenters. The molecule has 0 amide bonds. The minimum atomic E-state index is -3.70. The van der Waals surface area contributed by atoms with Gasteiger partial charge in [0.1, 0.15) is 28.8 Å². The Hall–Kier alpha value is -0.570. The predicted molar refractivity (Wildman–Crippen MR) is 89.2 cm³/mol. The summed E-state index contributed by atoms with van der Waals surface area (Å²) in [5.74, 6) is 0.339. The maximum Gasteiger partial charge on any atom is 0.242 e. The SMILES string of the molecule is COc1ccc(S(=O)(=O)NCCC[NH+]2CCOCC2)c(Cl)c1Cl. The van der Waals surface area contributed by atoms with E-state index in [4.69, 9.17) is 32.7 Å². The fraction of sp³-hybridized carbons (Fsp3) is 0.571. The molecule has 9 heteroatoms. The van der Waals surface area contributed by atoms with Crippen molar-refractivity contribution in [2.45, 2.75) is 11.3 Å². The minimum absolute atomic E-state index is 0.0303. The van der Waals surface area contributed by atoms with Crippen molar-refractivity contribution in [3.05, 3.63) is 22.2 Å². The first kappa shape index (κ1) is 18.8. The topological polar surface area (TPSA) is 69.1 Å². The first-order valence-corrected chi connectivity index (χ1v) is 9.62. The number of hydrogen-bond acceptors (Lipinski definition) is 4. The van der Waals surface area contributed by atoms with E-state index in [9.17, 15) is 8.42 Å². The lowest BCUT2D eigenvalue weighted by molar-refractivity contribution is -0.908. The second-order valence-electron chi connectivity index (χ2n) is 5.26. The molecule has 1 aromatic carbocycles. The van der Waals surface area contributed by atoms with E-state index < -0.39 is 10.0 Å². The second kappa shape index (κ2) is 8.50. The highest BCUT2D eigenvalue weighted by atomic mass is 35.5. The molecule has 1 fully saturated rings. The number of ether oxygens (including phenoxy) is 2. The lowest BCUT2D eigenvalue weighted by Gasteiger charge is -2.23. The smallest absolute Gasteiger partial charge is 0.242 e. The minimum Gasteiger partial charge on any atom is -0.495 e. The average Bonchev–Trinajstić information content (AvgIpc) is 2.55. The van der Waals surface area contributed by atoms with E-state index in [2.05, 4.69) is 4.72 Å². The molecule has 1 aliphatic heterocycles. The van der Waals surface area contributed by atoms with E-state index in [1.807, 2.05) is 0 Å². The molecule has 2 N–H and O–H groups in total. The van der Waals surface area contributed by atoms with Crippen molar-refractivity contribution in [3.8, 4) is 5.75 Å². The summed E-state index contributed by atoms with van der Waals surface area (Å²) in [7, 11) is -2.25. The molecule has 0 bridgehead atoms. The van der Waals surface area contributed by atoms with Gasteiger partial charge in [-0.05, 0) is 12.1 Å². The number of nitrogens with one attached hydrogen (secondary N) is 2. The second-order valence-corrected chi connectivity index (χ2v) is 7.75. The van der Waals surface area contributed by atoms with Gasteiger partial charge in [-0.3, -0.25) is 0 Å². The zero-order chi connectivity index (χ0) is 16.9. The van der Waals surface area contributed by atoms with E-state index in [-0.39, 0.29) is 14.9 Å². The van der Waals surface area contributed by atoms with Crippen LogP contribution >= 0.6 is 23.2 Å². The molecule has 0 aliphatic carbocycles. The molecule has 0 atom stereocenters. The lowest BCUT2D eigenvalue weighted by atomic mass is 10.3. The number of quaternary nitrogens is 1. The number of sulfonamides is 1. The third-order valence-corrected chi connectivity index (χ3v) is 6.20. The van der Waals surface area contributed by atoms with Crippen LogP contribution in [0.1, 0.15) is 6.42 Å². The Labute approximate surface area is 146 Å². The van der Waals surface area contributed by atoms with E-state index in [1.54, 1.807) is 0 Å². The number of benzene rings is 1. The van der Waals surface area contributed by atoms with E-state index >= 15 is 0 Å². The Bertz CT molecular complexity index is 634. The maximum atomic E-state index is 12.3. The molecule has 23 heavy (non-hydrogen) atoms. The fourth-order valence-corrected chi connectivity index (χ4v) is 4.32. The lowest BCUT2D eigenvalue weighted by Crippen LogP contribution is -3.14. The Kier molecular flexibility index (Phi) is 6.94. The molecule has 0 saturated carbocycles. The number of halogens is 2. The van der Waals surface area contributed by atoms with Crippen LogP contribution in [-0.4, -0.2) is 54.9 Å². The third kappa shape index (κ3) is 4.95. The Morgan fingerprint density at radius 1 is 1.26 bits per heavy atom. The monoisotopic (exact) mass is 383 g/mol. The van der Waals surface area contributed by atoms with E-state index in [0.717, 1.165) is 39.3 Å². The number of morpholine rings is 1. The predicted octanol–water partition coefficient (Wildman–Crippen LogP) is 0.586. The van der Waals surface area contributed by atoms with Gasteiger partial charge in [-0.2, -0.15) is 0 Å². The van der Waals surface area contributed by atoms with Crippen LogP contribution in [0, 0.1) is 0 Å². The Morgan fingerprint density at radius 2 is 1.96 bits per heavy atom. The molecule has 2 rings (SSSR count). The molecule has 1 aromatic rings. The van der Waals surface area contributed by atoms with E-state index in [1.165, 1.54) is 24.1 Å². The summed E-state index contributed by atoms with van der Waals surface area (Å²) in [5, 5.41) is 0.0622. The molecule has 1 aliphatic rings. The number of methoxy groups -OCH3 is 1. The molecule has 130 valence electrons. The molecular formula is C14H21Cl2N2O4S+. The molecule has 0 aromatic heterocycles. The highest BCUT2D eigenvalue weighted by Gasteiger charge is 2.22. The summed E-state index contributed by atoms with van der Waals surface area (Å²) < 4.78 is 37.5. The molecule has 0 spiro atoms. The highest BCUT2D eigenvalue weighted by Crippen LogP contribution is 2.36. The van der Waals surface area contributed by atoms with Gasteiger partial charge in [-0.15, -0.1) is 0 Å². The van der Waals surface area contributed by atoms with Crippen LogP contribution in [0.5, 0.6) is 5.75 Å². The van der Waals surface area contributed by atoms with Crippen molar-refractivity contribution in [2.75, 3.05) is 46.5 Å². The van der Waals surface area contributed by atoms with Gasteiger partial charge in [0.05, 0.1) is 31.9 Å². The van der Waals surface area contributed by atoms with Gasteiger partial charge in [0.25, 0.3) is 0 Å². The van der Waals surface area contributed by atoms with Crippen LogP contribution in [0.15, 0.2) is 17.0 Å². The zero-order valence-electron chi connectivity index (χ0n) is 12.9. The van der Waals surface area contributed by atoms with Gasteiger partial charge in [0, 0.05) is 13.0 Å². The van der Waals surface area contributed by atoms with Gasteiger partial charge in [-0.1, -0.05) is 23.2 Å². The van der Waals surface area contributed by atoms with Crippen LogP contribution < -0.4 is 14.4 Å². The molecule has 1 heterocycles. The van der Waals surface area contributed by atoms with Gasteiger partial charge in [0.2, 0.25) is 10.0 Å². The molecule has 6 nitrogen and oxygen atoms in total. The van der Waals surface area contributed by atoms with Crippen LogP contribution in [0.4, 0.5) is 0 Å². The van der Waals surface area contributed by atoms with Crippen molar-refractivity contribution < 1.29 is 22.8 Å². The van der Waals surface area contributed by atoms with Gasteiger partial charge in [-0.25, -0.2) is 13.1 Å². The van der Waals surface area contributed by atoms with Crippen molar-refractivity contribution in [1.82, 2.24) is 4.72 Å². The Morgan fingerprint density at radius 3 is 2.61 bits per heavy atom. The highest BCUT2D eigenvalue weighted by molar-refractivity contribution is 7.89. The first-order valence-electron chi connectivity index (χ1n) is 7.38. The summed E-state index contributed by atoms with van der Waals surface area (Å²) in [6.07, 6.45) is 0.746. The zero-order valence-corrected chi connectivity index (χ0v) is 15.2. The normalized spacial score (nSPS) is 16.5. The third-order valence-electron chi connectivity index (χ3n) is 3.72. The maximum absolute atomic E-state index is 12.3. The number of hydrogen-bond donors (Lipinski definition) is 2. The van der Waals surface area contributed by atoms with Crippen molar-refractivity contribution >= 4 is 33.2 Å². The standard InChI is InChI=1S/C14H20Cl2N2O4S/c1-21-11-3-4-12(14(16)13(11)15)23(19,20)17-5-2-6-18-7-9-22-10-8-18/h3-4,17H,2,5-10H2,1H3/p+1. The van der Waals surface area contributed by atoms with Crippen molar-refractivity contribution in [1.29, 1.82) is 0 Å². The van der Waals surface area contributed by atoms with Gasteiger partial charge in [0.15, 0.2) is 0 Å². The van der Waals surface area contributed by atoms with Crippen LogP contribution in [0.2, 0.25) is 10.0 Å². The molecule has 1 saturated heterocycles. The summed E-state index contributed by atoms with van der Waals surface area (Å²) in [6.45, 7) is 4.72. The summed E-state index contributed by atoms with van der Waals surface area (Å²) in [4.78, 5) is 1.39. The average molecular weight is 384 g/mol. The van der Waals surface area contributed by atoms with Crippen LogP contribution in [0.3, 0.4) is 0 Å². The molecular weight excluding hydrogens is 363 g/mol. The van der Waals surface area contributed by atoms with Crippen molar-refractivity contribution in [2.24, 2.45) is 0 Å². The fourth-order valence-electron chi connectivity index (χ4n) is 2.41. The quantitative estimate of drug-likeness (QED) is 0.676. The molecule has 0 radical (unpaired) electrons. The Balaban J connectivity index is 1.92. The van der Waals surface area contributed by atoms with Gasteiger partial charge < -0.3 is 14.4 Å². The first-order chi connectivity index (χ1) is 11.0. The summed E-state index contributed by atoms with van der Waals surface area (Å²) in [6, 6.07) is 2.88. The number of rotatable bonds is 7. The van der Waals surface area contributed by atoms with Crippen LogP contribution in [0.25, 0.3) is 0 Å². The van der Waals surface area contributed by atoms with E-state index in [0.29, 0.717) is 12.3 Å². The summed E-state index contributed by atoms with van der Waals surface area (Å²) >= 11 is 12.1. The van der Waals surface area contributed by atoms with Crippen LogP contribution in [-0.2, 0) is 14.8 Å². The van der Waals surface area contributed by atoms with Gasteiger partial charge >= 0.3 is 0 Å². The summed E-state index contributed by atoms with van der Waals surface area (Å²) in [5.41, 5.74) is 0.